The Labute approximate surface area is 148 Å². The van der Waals surface area contributed by atoms with E-state index < -0.39 is 0 Å². The van der Waals surface area contributed by atoms with Crippen LogP contribution in [-0.2, 0) is 6.42 Å². The van der Waals surface area contributed by atoms with Crippen LogP contribution >= 0.6 is 0 Å². The van der Waals surface area contributed by atoms with E-state index in [0.717, 1.165) is 17.5 Å². The maximum atomic E-state index is 13.0. The number of allylic oxidation sites excluding steroid dienone is 1. The van der Waals surface area contributed by atoms with Crippen molar-refractivity contribution in [1.82, 2.24) is 0 Å². The molecule has 0 heterocycles. The molecule has 25 heavy (non-hydrogen) atoms. The zero-order valence-corrected chi connectivity index (χ0v) is 14.0. The van der Waals surface area contributed by atoms with Gasteiger partial charge in [-0.05, 0) is 23.1 Å². The second kappa shape index (κ2) is 6.90. The molecule has 0 unspecified atom stereocenters. The standard InChI is InChI=1S/C24H20O/c25-24-22-14-8-7-13-20(22)17-23(24)21(19-11-5-2-6-12-19)16-15-18-9-3-1-4-10-18/h1-16,21,23H,17H2/b16-15+/t21-,23-/m1/s1. The number of benzene rings is 3. The Morgan fingerprint density at radius 1 is 0.800 bits per heavy atom. The average molecular weight is 324 g/mol. The monoisotopic (exact) mass is 324 g/mol. The van der Waals surface area contributed by atoms with Gasteiger partial charge in [0.05, 0.1) is 0 Å². The molecule has 1 heteroatoms. The third-order valence-corrected chi connectivity index (χ3v) is 4.97. The van der Waals surface area contributed by atoms with Crippen LogP contribution in [0.5, 0.6) is 0 Å². The molecule has 0 spiro atoms. The highest BCUT2D eigenvalue weighted by Gasteiger charge is 2.35. The van der Waals surface area contributed by atoms with Crippen LogP contribution in [0, 0.1) is 5.92 Å². The summed E-state index contributed by atoms with van der Waals surface area (Å²) in [5.41, 5.74) is 4.42. The molecule has 0 saturated carbocycles. The number of ketones is 1. The molecular formula is C24H20O. The lowest BCUT2D eigenvalue weighted by Crippen LogP contribution is -2.17. The number of hydrogen-bond acceptors (Lipinski definition) is 1. The average Bonchev–Trinajstić information content (AvgIpc) is 3.01. The summed E-state index contributed by atoms with van der Waals surface area (Å²) in [4.78, 5) is 13.0. The van der Waals surface area contributed by atoms with Crippen molar-refractivity contribution in [2.75, 3.05) is 0 Å². The molecule has 122 valence electrons. The van der Waals surface area contributed by atoms with Gasteiger partial charge in [-0.25, -0.2) is 0 Å². The van der Waals surface area contributed by atoms with E-state index in [0.29, 0.717) is 0 Å². The Bertz CT molecular complexity index is 894. The number of carbonyl (C=O) groups is 1. The number of fused-ring (bicyclic) bond motifs is 1. The van der Waals surface area contributed by atoms with Gasteiger partial charge in [-0.2, -0.15) is 0 Å². The normalized spacial score (nSPS) is 17.6. The summed E-state index contributed by atoms with van der Waals surface area (Å²) in [5.74, 6) is 0.322. The summed E-state index contributed by atoms with van der Waals surface area (Å²) in [7, 11) is 0. The molecule has 0 bridgehead atoms. The van der Waals surface area contributed by atoms with E-state index in [9.17, 15) is 4.79 Å². The fraction of sp³-hybridized carbons (Fsp3) is 0.125. The number of carbonyl (C=O) groups excluding carboxylic acids is 1. The van der Waals surface area contributed by atoms with Gasteiger partial charge >= 0.3 is 0 Å². The molecule has 0 amide bonds. The summed E-state index contributed by atoms with van der Waals surface area (Å²) in [6.07, 6.45) is 5.14. The summed E-state index contributed by atoms with van der Waals surface area (Å²) in [6.45, 7) is 0. The molecule has 3 aromatic carbocycles. The first-order chi connectivity index (χ1) is 12.3. The molecule has 4 rings (SSSR count). The van der Waals surface area contributed by atoms with Gasteiger partial charge in [-0.1, -0.05) is 97.1 Å². The molecule has 0 aliphatic heterocycles. The first kappa shape index (κ1) is 15.6. The third-order valence-electron chi connectivity index (χ3n) is 4.97. The van der Waals surface area contributed by atoms with Crippen LogP contribution in [0.1, 0.15) is 33.0 Å². The van der Waals surface area contributed by atoms with Crippen molar-refractivity contribution in [3.8, 4) is 0 Å². The Hall–Kier alpha value is -2.93. The van der Waals surface area contributed by atoms with Crippen LogP contribution in [-0.4, -0.2) is 5.78 Å². The van der Waals surface area contributed by atoms with Crippen LogP contribution in [0.2, 0.25) is 0 Å². The van der Waals surface area contributed by atoms with Gasteiger partial charge in [0.1, 0.15) is 0 Å². The first-order valence-corrected chi connectivity index (χ1v) is 8.73. The lowest BCUT2D eigenvalue weighted by molar-refractivity contribution is 0.0928. The van der Waals surface area contributed by atoms with Crippen molar-refractivity contribution < 1.29 is 4.79 Å². The van der Waals surface area contributed by atoms with Crippen LogP contribution in [0.3, 0.4) is 0 Å². The highest BCUT2D eigenvalue weighted by atomic mass is 16.1. The molecular weight excluding hydrogens is 304 g/mol. The van der Waals surface area contributed by atoms with E-state index in [1.54, 1.807) is 0 Å². The second-order valence-electron chi connectivity index (χ2n) is 6.54. The Balaban J connectivity index is 1.70. The van der Waals surface area contributed by atoms with Gasteiger partial charge in [-0.3, -0.25) is 4.79 Å². The van der Waals surface area contributed by atoms with Gasteiger partial charge < -0.3 is 0 Å². The topological polar surface area (TPSA) is 17.1 Å². The van der Waals surface area contributed by atoms with Gasteiger partial charge in [0.25, 0.3) is 0 Å². The maximum Gasteiger partial charge on any atom is 0.167 e. The molecule has 0 fully saturated rings. The number of rotatable bonds is 4. The number of hydrogen-bond donors (Lipinski definition) is 0. The summed E-state index contributed by atoms with van der Waals surface area (Å²) in [6, 6.07) is 28.6. The Morgan fingerprint density at radius 2 is 1.44 bits per heavy atom. The lowest BCUT2D eigenvalue weighted by Gasteiger charge is -2.19. The fourth-order valence-corrected chi connectivity index (χ4v) is 3.69. The van der Waals surface area contributed by atoms with Crippen LogP contribution in [0.25, 0.3) is 6.08 Å². The molecule has 2 atom stereocenters. The molecule has 3 aromatic rings. The fourth-order valence-electron chi connectivity index (χ4n) is 3.69. The molecule has 1 nitrogen and oxygen atoms in total. The van der Waals surface area contributed by atoms with Crippen molar-refractivity contribution in [3.63, 3.8) is 0 Å². The predicted octanol–water partition coefficient (Wildman–Crippen LogP) is 5.54. The minimum Gasteiger partial charge on any atom is -0.294 e. The van der Waals surface area contributed by atoms with Crippen molar-refractivity contribution in [3.05, 3.63) is 113 Å². The minimum absolute atomic E-state index is 0.0280. The SMILES string of the molecule is O=C1c2ccccc2C[C@@H]1[C@H](/C=C/c1ccccc1)c1ccccc1. The molecule has 1 aliphatic rings. The lowest BCUT2D eigenvalue weighted by atomic mass is 9.83. The van der Waals surface area contributed by atoms with Crippen LogP contribution in [0.15, 0.2) is 91.0 Å². The van der Waals surface area contributed by atoms with E-state index in [1.165, 1.54) is 11.1 Å². The molecule has 0 saturated heterocycles. The number of Topliss-reactive ketones (excluding diaryl/α,β-unsaturated/α-hetero) is 1. The highest BCUT2D eigenvalue weighted by Crippen LogP contribution is 2.37. The quantitative estimate of drug-likeness (QED) is 0.616. The minimum atomic E-state index is -0.0280. The molecule has 0 N–H and O–H groups in total. The second-order valence-corrected chi connectivity index (χ2v) is 6.54. The molecule has 0 radical (unpaired) electrons. The third kappa shape index (κ3) is 3.18. The van der Waals surface area contributed by atoms with Gasteiger partial charge in [0.2, 0.25) is 0 Å². The van der Waals surface area contributed by atoms with Crippen LogP contribution < -0.4 is 0 Å². The first-order valence-electron chi connectivity index (χ1n) is 8.73. The summed E-state index contributed by atoms with van der Waals surface area (Å²) in [5, 5.41) is 0. The predicted molar refractivity (Wildman–Crippen MR) is 103 cm³/mol. The molecule has 0 aromatic heterocycles. The van der Waals surface area contributed by atoms with E-state index in [-0.39, 0.29) is 17.6 Å². The Morgan fingerprint density at radius 3 is 2.16 bits per heavy atom. The van der Waals surface area contributed by atoms with Gasteiger partial charge in [0.15, 0.2) is 5.78 Å². The zero-order valence-electron chi connectivity index (χ0n) is 14.0. The summed E-state index contributed by atoms with van der Waals surface area (Å²) < 4.78 is 0. The van der Waals surface area contributed by atoms with Gasteiger partial charge in [0, 0.05) is 17.4 Å². The van der Waals surface area contributed by atoms with Crippen molar-refractivity contribution >= 4 is 11.9 Å². The van der Waals surface area contributed by atoms with E-state index in [2.05, 4.69) is 42.5 Å². The van der Waals surface area contributed by atoms with E-state index in [4.69, 9.17) is 0 Å². The maximum absolute atomic E-state index is 13.0. The molecule has 1 aliphatic carbocycles. The smallest absolute Gasteiger partial charge is 0.167 e. The summed E-state index contributed by atoms with van der Waals surface area (Å²) >= 11 is 0. The van der Waals surface area contributed by atoms with Crippen molar-refractivity contribution in [1.29, 1.82) is 0 Å². The highest BCUT2D eigenvalue weighted by molar-refractivity contribution is 6.03. The van der Waals surface area contributed by atoms with E-state index in [1.807, 2.05) is 54.6 Å². The largest absolute Gasteiger partial charge is 0.294 e. The van der Waals surface area contributed by atoms with Crippen LogP contribution in [0.4, 0.5) is 0 Å². The van der Waals surface area contributed by atoms with Crippen molar-refractivity contribution in [2.45, 2.75) is 12.3 Å². The van der Waals surface area contributed by atoms with Gasteiger partial charge in [-0.15, -0.1) is 0 Å². The van der Waals surface area contributed by atoms with E-state index >= 15 is 0 Å². The van der Waals surface area contributed by atoms with Crippen molar-refractivity contribution in [2.24, 2.45) is 5.92 Å². The zero-order chi connectivity index (χ0) is 17.1. The Kier molecular flexibility index (Phi) is 4.30.